The zero-order valence-electron chi connectivity index (χ0n) is 12.0. The lowest BCUT2D eigenvalue weighted by Crippen LogP contribution is -2.22. The van der Waals surface area contributed by atoms with E-state index in [2.05, 4.69) is 58.8 Å². The zero-order chi connectivity index (χ0) is 14.5. The molecule has 0 aliphatic rings. The van der Waals surface area contributed by atoms with Crippen molar-refractivity contribution in [2.75, 3.05) is 0 Å². The number of hydrogen-bond donors (Lipinski definition) is 1. The number of aryl methyl sites for hydroxylation is 1. The number of nitrogens with zero attached hydrogens (tertiary/aromatic N) is 1. The summed E-state index contributed by atoms with van der Waals surface area (Å²) in [4.78, 5) is 4.25. The molecule has 1 aromatic heterocycles. The van der Waals surface area contributed by atoms with Gasteiger partial charge in [-0.25, -0.2) is 4.98 Å². The van der Waals surface area contributed by atoms with Crippen LogP contribution in [0, 0.1) is 6.92 Å². The fraction of sp³-hybridized carbons (Fsp3) is 0.167. The highest BCUT2D eigenvalue weighted by molar-refractivity contribution is 5.31. The topological polar surface area (TPSA) is 38.1 Å². The molecule has 3 nitrogen and oxygen atoms in total. The summed E-state index contributed by atoms with van der Waals surface area (Å²) in [6.07, 6.45) is 1.75. The molecule has 0 unspecified atom stereocenters. The highest BCUT2D eigenvalue weighted by Crippen LogP contribution is 2.22. The summed E-state index contributed by atoms with van der Waals surface area (Å²) in [5.41, 5.74) is 2.46. The molecule has 1 N–H and O–H groups in total. The van der Waals surface area contributed by atoms with Gasteiger partial charge in [0, 0.05) is 0 Å². The minimum atomic E-state index is 0.125. The van der Waals surface area contributed by atoms with Gasteiger partial charge in [-0.2, -0.15) is 0 Å². The molecule has 0 bridgehead atoms. The molecule has 0 saturated carbocycles. The highest BCUT2D eigenvalue weighted by Gasteiger charge is 2.14. The SMILES string of the molecule is Cc1cnc(CNC(c2ccccc2)c2ccccc2)o1. The second-order valence-electron chi connectivity index (χ2n) is 5.00. The van der Waals surface area contributed by atoms with E-state index >= 15 is 0 Å². The van der Waals surface area contributed by atoms with E-state index in [0.29, 0.717) is 12.4 Å². The zero-order valence-corrected chi connectivity index (χ0v) is 12.0. The summed E-state index contributed by atoms with van der Waals surface area (Å²) in [6, 6.07) is 20.9. The molecule has 0 saturated heterocycles. The predicted octanol–water partition coefficient (Wildman–Crippen LogP) is 3.86. The van der Waals surface area contributed by atoms with Gasteiger partial charge in [-0.1, -0.05) is 60.7 Å². The number of benzene rings is 2. The Morgan fingerprint density at radius 2 is 1.52 bits per heavy atom. The molecule has 0 fully saturated rings. The van der Waals surface area contributed by atoms with Crippen molar-refractivity contribution in [1.29, 1.82) is 0 Å². The van der Waals surface area contributed by atoms with Gasteiger partial charge in [0.15, 0.2) is 0 Å². The van der Waals surface area contributed by atoms with Gasteiger partial charge in [0.05, 0.1) is 18.8 Å². The van der Waals surface area contributed by atoms with Gasteiger partial charge in [-0.15, -0.1) is 0 Å². The van der Waals surface area contributed by atoms with E-state index in [1.165, 1.54) is 11.1 Å². The Hall–Kier alpha value is -2.39. The van der Waals surface area contributed by atoms with Crippen molar-refractivity contribution in [2.24, 2.45) is 0 Å². The first-order chi connectivity index (χ1) is 10.3. The quantitative estimate of drug-likeness (QED) is 0.770. The van der Waals surface area contributed by atoms with Crippen LogP contribution in [-0.4, -0.2) is 4.98 Å². The first-order valence-corrected chi connectivity index (χ1v) is 7.07. The number of aromatic nitrogens is 1. The molecule has 106 valence electrons. The van der Waals surface area contributed by atoms with Crippen molar-refractivity contribution in [2.45, 2.75) is 19.5 Å². The fourth-order valence-corrected chi connectivity index (χ4v) is 2.39. The van der Waals surface area contributed by atoms with Crippen LogP contribution in [-0.2, 0) is 6.54 Å². The number of rotatable bonds is 5. The Labute approximate surface area is 124 Å². The van der Waals surface area contributed by atoms with Crippen molar-refractivity contribution in [3.05, 3.63) is 89.6 Å². The first-order valence-electron chi connectivity index (χ1n) is 7.07. The van der Waals surface area contributed by atoms with E-state index in [0.717, 1.165) is 5.76 Å². The predicted molar refractivity (Wildman–Crippen MR) is 82.8 cm³/mol. The maximum atomic E-state index is 5.53. The van der Waals surface area contributed by atoms with E-state index < -0.39 is 0 Å². The first kappa shape index (κ1) is 13.6. The molecule has 1 heterocycles. The van der Waals surface area contributed by atoms with Crippen LogP contribution in [0.3, 0.4) is 0 Å². The van der Waals surface area contributed by atoms with Crippen LogP contribution in [0.25, 0.3) is 0 Å². The van der Waals surface area contributed by atoms with Crippen molar-refractivity contribution in [1.82, 2.24) is 10.3 Å². The Bertz CT molecular complexity index is 637. The van der Waals surface area contributed by atoms with Gasteiger partial charge in [-0.05, 0) is 18.1 Å². The largest absolute Gasteiger partial charge is 0.445 e. The lowest BCUT2D eigenvalue weighted by atomic mass is 9.99. The molecular weight excluding hydrogens is 260 g/mol. The standard InChI is InChI=1S/C18H18N2O/c1-14-12-19-17(21-14)13-20-18(15-8-4-2-5-9-15)16-10-6-3-7-11-16/h2-12,18,20H,13H2,1H3. The van der Waals surface area contributed by atoms with Crippen LogP contribution in [0.1, 0.15) is 28.8 Å². The average Bonchev–Trinajstić information content (AvgIpc) is 2.95. The van der Waals surface area contributed by atoms with E-state index in [1.54, 1.807) is 6.20 Å². The van der Waals surface area contributed by atoms with Gasteiger partial charge in [0.2, 0.25) is 5.89 Å². The Morgan fingerprint density at radius 1 is 0.952 bits per heavy atom. The summed E-state index contributed by atoms with van der Waals surface area (Å²) in [7, 11) is 0. The van der Waals surface area contributed by atoms with E-state index in [-0.39, 0.29) is 6.04 Å². The van der Waals surface area contributed by atoms with E-state index in [4.69, 9.17) is 4.42 Å². The van der Waals surface area contributed by atoms with Crippen LogP contribution >= 0.6 is 0 Å². The van der Waals surface area contributed by atoms with Crippen molar-refractivity contribution >= 4 is 0 Å². The number of oxazole rings is 1. The Morgan fingerprint density at radius 3 is 2.00 bits per heavy atom. The summed E-state index contributed by atoms with van der Waals surface area (Å²) in [6.45, 7) is 2.50. The van der Waals surface area contributed by atoms with Crippen LogP contribution in [0.5, 0.6) is 0 Å². The lowest BCUT2D eigenvalue weighted by molar-refractivity contribution is 0.438. The molecule has 0 amide bonds. The van der Waals surface area contributed by atoms with Crippen molar-refractivity contribution in [3.63, 3.8) is 0 Å². The van der Waals surface area contributed by atoms with Crippen LogP contribution in [0.2, 0.25) is 0 Å². The lowest BCUT2D eigenvalue weighted by Gasteiger charge is -2.19. The summed E-state index contributed by atoms with van der Waals surface area (Å²) in [5.74, 6) is 1.55. The molecule has 0 aliphatic heterocycles. The Balaban J connectivity index is 1.83. The van der Waals surface area contributed by atoms with Crippen molar-refractivity contribution < 1.29 is 4.42 Å². The smallest absolute Gasteiger partial charge is 0.208 e. The molecule has 21 heavy (non-hydrogen) atoms. The molecule has 3 aromatic rings. The maximum absolute atomic E-state index is 5.53. The van der Waals surface area contributed by atoms with Gasteiger partial charge in [0.25, 0.3) is 0 Å². The third-order valence-corrected chi connectivity index (χ3v) is 3.39. The highest BCUT2D eigenvalue weighted by atomic mass is 16.4. The van der Waals surface area contributed by atoms with E-state index in [1.807, 2.05) is 19.1 Å². The molecule has 3 heteroatoms. The van der Waals surface area contributed by atoms with Crippen LogP contribution in [0.4, 0.5) is 0 Å². The van der Waals surface area contributed by atoms with Crippen LogP contribution < -0.4 is 5.32 Å². The second-order valence-corrected chi connectivity index (χ2v) is 5.00. The number of hydrogen-bond acceptors (Lipinski definition) is 3. The van der Waals surface area contributed by atoms with Gasteiger partial charge < -0.3 is 4.42 Å². The summed E-state index contributed by atoms with van der Waals surface area (Å²) < 4.78 is 5.53. The third-order valence-electron chi connectivity index (χ3n) is 3.39. The summed E-state index contributed by atoms with van der Waals surface area (Å²) >= 11 is 0. The van der Waals surface area contributed by atoms with Crippen molar-refractivity contribution in [3.8, 4) is 0 Å². The molecule has 0 atom stereocenters. The monoisotopic (exact) mass is 278 g/mol. The molecule has 0 aliphatic carbocycles. The van der Waals surface area contributed by atoms with Gasteiger partial charge in [0.1, 0.15) is 5.76 Å². The normalized spacial score (nSPS) is 11.0. The Kier molecular flexibility index (Phi) is 4.12. The molecule has 0 radical (unpaired) electrons. The summed E-state index contributed by atoms with van der Waals surface area (Å²) in [5, 5.41) is 3.53. The third kappa shape index (κ3) is 3.38. The number of nitrogens with one attached hydrogen (secondary N) is 1. The second kappa shape index (κ2) is 6.37. The minimum Gasteiger partial charge on any atom is -0.445 e. The maximum Gasteiger partial charge on any atom is 0.208 e. The fourth-order valence-electron chi connectivity index (χ4n) is 2.39. The molecular formula is C18H18N2O. The molecule has 3 rings (SSSR count). The molecule has 0 spiro atoms. The minimum absolute atomic E-state index is 0.125. The van der Waals surface area contributed by atoms with E-state index in [9.17, 15) is 0 Å². The van der Waals surface area contributed by atoms with Gasteiger partial charge in [-0.3, -0.25) is 5.32 Å². The van der Waals surface area contributed by atoms with Gasteiger partial charge >= 0.3 is 0 Å². The van der Waals surface area contributed by atoms with Crippen LogP contribution in [0.15, 0.2) is 71.3 Å². The molecule has 2 aromatic carbocycles. The average molecular weight is 278 g/mol.